The monoisotopic (exact) mass is 360 g/mol. The lowest BCUT2D eigenvalue weighted by molar-refractivity contribution is -0.116. The maximum absolute atomic E-state index is 12.6. The third-order valence-corrected chi connectivity index (χ3v) is 5.75. The van der Waals surface area contributed by atoms with Crippen LogP contribution >= 0.6 is 0 Å². The van der Waals surface area contributed by atoms with E-state index in [0.717, 1.165) is 5.56 Å². The molecule has 4 rings (SSSR count). The van der Waals surface area contributed by atoms with Gasteiger partial charge in [0.2, 0.25) is 22.7 Å². The first kappa shape index (κ1) is 15.9. The summed E-state index contributed by atoms with van der Waals surface area (Å²) < 4.78 is 38.2. The van der Waals surface area contributed by atoms with Crippen molar-refractivity contribution in [2.45, 2.75) is 24.3 Å². The third-order valence-electron chi connectivity index (χ3n) is 4.35. The molecule has 2 aromatic rings. The molecule has 2 aliphatic rings. The second-order valence-electron chi connectivity index (χ2n) is 5.97. The molecule has 0 aliphatic carbocycles. The molecule has 2 aromatic carbocycles. The van der Waals surface area contributed by atoms with E-state index >= 15 is 0 Å². The van der Waals surface area contributed by atoms with Gasteiger partial charge in [-0.3, -0.25) is 4.79 Å². The predicted octanol–water partition coefficient (Wildman–Crippen LogP) is 1.95. The lowest BCUT2D eigenvalue weighted by Gasteiger charge is -2.09. The van der Waals surface area contributed by atoms with Crippen LogP contribution in [0.25, 0.3) is 0 Å². The van der Waals surface area contributed by atoms with Crippen LogP contribution in [0.5, 0.6) is 11.5 Å². The van der Waals surface area contributed by atoms with E-state index in [0.29, 0.717) is 22.7 Å². The molecule has 2 heterocycles. The molecule has 2 aliphatic heterocycles. The molecule has 0 saturated carbocycles. The zero-order valence-electron chi connectivity index (χ0n) is 13.4. The number of benzene rings is 2. The van der Waals surface area contributed by atoms with Gasteiger partial charge in [0.15, 0.2) is 11.5 Å². The van der Waals surface area contributed by atoms with Gasteiger partial charge in [0, 0.05) is 12.2 Å². The number of hydrogen-bond acceptors (Lipinski definition) is 5. The van der Waals surface area contributed by atoms with Crippen molar-refractivity contribution in [3.05, 3.63) is 47.5 Å². The fourth-order valence-corrected chi connectivity index (χ4v) is 3.93. The first-order valence-corrected chi connectivity index (χ1v) is 9.25. The summed E-state index contributed by atoms with van der Waals surface area (Å²) in [6.45, 7) is 2.05. The average molecular weight is 360 g/mol. The van der Waals surface area contributed by atoms with Crippen LogP contribution in [0.3, 0.4) is 0 Å². The Labute approximate surface area is 145 Å². The van der Waals surface area contributed by atoms with Crippen molar-refractivity contribution in [3.8, 4) is 11.5 Å². The Morgan fingerprint density at radius 3 is 2.80 bits per heavy atom. The molecule has 25 heavy (non-hydrogen) atoms. The lowest BCUT2D eigenvalue weighted by atomic mass is 10.0. The minimum absolute atomic E-state index is 0.127. The Bertz CT molecular complexity index is 971. The van der Waals surface area contributed by atoms with Crippen LogP contribution in [-0.2, 0) is 21.4 Å². The Kier molecular flexibility index (Phi) is 3.66. The quantitative estimate of drug-likeness (QED) is 0.869. The molecule has 0 radical (unpaired) electrons. The summed E-state index contributed by atoms with van der Waals surface area (Å²) in [6.07, 6.45) is 0. The van der Waals surface area contributed by atoms with E-state index < -0.39 is 10.0 Å². The van der Waals surface area contributed by atoms with Crippen LogP contribution in [0.15, 0.2) is 41.3 Å². The van der Waals surface area contributed by atoms with Crippen LogP contribution in [0.4, 0.5) is 5.69 Å². The maximum atomic E-state index is 12.6. The number of carbonyl (C=O) groups excluding carboxylic acids is 1. The van der Waals surface area contributed by atoms with E-state index in [1.807, 2.05) is 0 Å². The highest BCUT2D eigenvalue weighted by Gasteiger charge is 2.28. The predicted molar refractivity (Wildman–Crippen MR) is 90.1 cm³/mol. The van der Waals surface area contributed by atoms with Gasteiger partial charge < -0.3 is 14.8 Å². The molecule has 0 spiro atoms. The first-order chi connectivity index (χ1) is 11.9. The topological polar surface area (TPSA) is 93.7 Å². The van der Waals surface area contributed by atoms with E-state index in [1.54, 1.807) is 37.3 Å². The average Bonchev–Trinajstić information content (AvgIpc) is 3.17. The van der Waals surface area contributed by atoms with Crippen LogP contribution in [0.2, 0.25) is 0 Å². The third kappa shape index (κ3) is 2.83. The number of hydrogen-bond donors (Lipinski definition) is 2. The zero-order valence-corrected chi connectivity index (χ0v) is 14.2. The molecular formula is C17H16N2O5S. The Balaban J connectivity index is 1.54. The Morgan fingerprint density at radius 1 is 1.16 bits per heavy atom. The summed E-state index contributed by atoms with van der Waals surface area (Å²) in [6, 6.07) is 9.92. The van der Waals surface area contributed by atoms with Crippen molar-refractivity contribution in [1.82, 2.24) is 4.72 Å². The first-order valence-electron chi connectivity index (χ1n) is 7.77. The van der Waals surface area contributed by atoms with Crippen molar-refractivity contribution in [3.63, 3.8) is 0 Å². The van der Waals surface area contributed by atoms with E-state index in [9.17, 15) is 13.2 Å². The van der Waals surface area contributed by atoms with Crippen molar-refractivity contribution in [2.75, 3.05) is 12.1 Å². The van der Waals surface area contributed by atoms with Gasteiger partial charge in [0.05, 0.1) is 10.8 Å². The number of carbonyl (C=O) groups is 1. The number of ether oxygens (including phenoxy) is 2. The molecule has 1 atom stereocenters. The number of fused-ring (bicyclic) bond motifs is 2. The second kappa shape index (κ2) is 5.75. The van der Waals surface area contributed by atoms with Crippen LogP contribution in [0, 0.1) is 0 Å². The highest BCUT2D eigenvalue weighted by Crippen LogP contribution is 2.34. The number of anilines is 1. The fraction of sp³-hybridized carbons (Fsp3) is 0.235. The van der Waals surface area contributed by atoms with Crippen LogP contribution in [0.1, 0.15) is 24.0 Å². The Morgan fingerprint density at radius 2 is 1.96 bits per heavy atom. The minimum atomic E-state index is -3.70. The fourth-order valence-electron chi connectivity index (χ4n) is 2.87. The van der Waals surface area contributed by atoms with Crippen LogP contribution < -0.4 is 19.5 Å². The van der Waals surface area contributed by atoms with Gasteiger partial charge in [-0.1, -0.05) is 6.07 Å². The highest BCUT2D eigenvalue weighted by molar-refractivity contribution is 7.89. The number of amides is 1. The summed E-state index contributed by atoms with van der Waals surface area (Å²) >= 11 is 0. The summed E-state index contributed by atoms with van der Waals surface area (Å²) in [4.78, 5) is 11.8. The zero-order chi connectivity index (χ0) is 17.6. The Hall–Kier alpha value is -2.58. The van der Waals surface area contributed by atoms with Crippen molar-refractivity contribution in [1.29, 1.82) is 0 Å². The van der Waals surface area contributed by atoms with E-state index in [4.69, 9.17) is 9.47 Å². The minimum Gasteiger partial charge on any atom is -0.454 e. The van der Waals surface area contributed by atoms with E-state index in [-0.39, 0.29) is 30.1 Å². The largest absolute Gasteiger partial charge is 0.454 e. The van der Waals surface area contributed by atoms with Crippen molar-refractivity contribution in [2.24, 2.45) is 0 Å². The summed E-state index contributed by atoms with van der Waals surface area (Å²) in [5.41, 5.74) is 2.11. The lowest BCUT2D eigenvalue weighted by Crippen LogP contribution is -2.23. The molecule has 1 amide bonds. The number of rotatable bonds is 4. The highest BCUT2D eigenvalue weighted by atomic mass is 32.2. The van der Waals surface area contributed by atoms with E-state index in [1.165, 1.54) is 6.07 Å². The van der Waals surface area contributed by atoms with Gasteiger partial charge in [-0.15, -0.1) is 0 Å². The van der Waals surface area contributed by atoms with Gasteiger partial charge in [-0.05, 0) is 48.4 Å². The van der Waals surface area contributed by atoms with Gasteiger partial charge in [0.1, 0.15) is 0 Å². The molecule has 0 saturated heterocycles. The standard InChI is InChI=1S/C17H16N2O5S/c1-10-13-7-12(3-4-14(13)19-17(10)20)25(21,22)18-8-11-2-5-15-16(6-11)24-9-23-15/h2-7,10,18H,8-9H2,1H3,(H,19,20)/t10-/m0/s1. The molecule has 0 aromatic heterocycles. The summed E-state index contributed by atoms with van der Waals surface area (Å²) in [5, 5.41) is 2.73. The van der Waals surface area contributed by atoms with Crippen LogP contribution in [-0.4, -0.2) is 21.1 Å². The molecule has 8 heteroatoms. The number of nitrogens with one attached hydrogen (secondary N) is 2. The molecule has 2 N–H and O–H groups in total. The number of sulfonamides is 1. The van der Waals surface area contributed by atoms with Gasteiger partial charge in [-0.2, -0.15) is 0 Å². The van der Waals surface area contributed by atoms with Crippen molar-refractivity contribution < 1.29 is 22.7 Å². The van der Waals surface area contributed by atoms with Crippen molar-refractivity contribution >= 4 is 21.6 Å². The molecule has 0 unspecified atom stereocenters. The SMILES string of the molecule is C[C@@H]1C(=O)Nc2ccc(S(=O)(=O)NCc3ccc4c(c3)OCO4)cc21. The second-order valence-corrected chi connectivity index (χ2v) is 7.74. The van der Waals surface area contributed by atoms with Gasteiger partial charge in [-0.25, -0.2) is 13.1 Å². The van der Waals surface area contributed by atoms with Gasteiger partial charge >= 0.3 is 0 Å². The normalized spacial score (nSPS) is 18.1. The molecule has 7 nitrogen and oxygen atoms in total. The summed E-state index contributed by atoms with van der Waals surface area (Å²) in [5.74, 6) is 0.765. The maximum Gasteiger partial charge on any atom is 0.240 e. The molecule has 130 valence electrons. The summed E-state index contributed by atoms with van der Waals surface area (Å²) in [7, 11) is -3.70. The van der Waals surface area contributed by atoms with Gasteiger partial charge in [0.25, 0.3) is 0 Å². The smallest absolute Gasteiger partial charge is 0.240 e. The molecule has 0 fully saturated rings. The van der Waals surface area contributed by atoms with E-state index in [2.05, 4.69) is 10.0 Å². The molecular weight excluding hydrogens is 344 g/mol. The molecule has 0 bridgehead atoms.